The van der Waals surface area contributed by atoms with Crippen LogP contribution in [0.4, 0.5) is 0 Å². The molecule has 12 heavy (non-hydrogen) atoms. The molecule has 0 aromatic carbocycles. The Morgan fingerprint density at radius 2 is 2.25 bits per heavy atom. The summed E-state index contributed by atoms with van der Waals surface area (Å²) < 4.78 is 0. The molecule has 1 atom stereocenters. The second kappa shape index (κ2) is 5.19. The Morgan fingerprint density at radius 3 is 2.67 bits per heavy atom. The second-order valence-electron chi connectivity index (χ2n) is 2.33. The first kappa shape index (κ1) is 10.5. The Kier molecular flexibility index (Phi) is 4.54. The number of carbonyl (C=O) groups excluding carboxylic acids is 1. The molecule has 0 heterocycles. The summed E-state index contributed by atoms with van der Waals surface area (Å²) in [6.07, 6.45) is 5.43. The van der Waals surface area contributed by atoms with Crippen LogP contribution in [-0.2, 0) is 9.59 Å². The third-order valence-electron chi connectivity index (χ3n) is 1.24. The summed E-state index contributed by atoms with van der Waals surface area (Å²) in [6.45, 7) is 1.40. The summed E-state index contributed by atoms with van der Waals surface area (Å²) in [5.74, 6) is 0.910. The van der Waals surface area contributed by atoms with Crippen molar-refractivity contribution in [1.29, 1.82) is 0 Å². The van der Waals surface area contributed by atoms with Crippen molar-refractivity contribution in [3.63, 3.8) is 0 Å². The van der Waals surface area contributed by atoms with Crippen molar-refractivity contribution >= 4 is 11.9 Å². The minimum absolute atomic E-state index is 0.175. The highest BCUT2D eigenvalue weighted by atomic mass is 16.4. The van der Waals surface area contributed by atoms with E-state index >= 15 is 0 Å². The molecule has 0 bridgehead atoms. The number of amides is 1. The molecule has 1 amide bonds. The van der Waals surface area contributed by atoms with Gasteiger partial charge in [0.1, 0.15) is 6.04 Å². The van der Waals surface area contributed by atoms with Crippen molar-refractivity contribution in [1.82, 2.24) is 5.32 Å². The molecule has 4 nitrogen and oxygen atoms in total. The van der Waals surface area contributed by atoms with Crippen LogP contribution in [0.2, 0.25) is 0 Å². The Bertz CT molecular complexity index is 217. The summed E-state index contributed by atoms with van der Waals surface area (Å²) in [7, 11) is 0. The average molecular weight is 169 g/mol. The summed E-state index contributed by atoms with van der Waals surface area (Å²) in [5, 5.41) is 10.7. The molecule has 0 fully saturated rings. The van der Waals surface area contributed by atoms with Gasteiger partial charge in [-0.3, -0.25) is 9.59 Å². The van der Waals surface area contributed by atoms with Crippen LogP contribution in [0.1, 0.15) is 19.8 Å². The fourth-order valence-electron chi connectivity index (χ4n) is 0.561. The van der Waals surface area contributed by atoms with E-state index in [1.54, 1.807) is 0 Å². The van der Waals surface area contributed by atoms with E-state index in [0.29, 0.717) is 6.42 Å². The molecule has 0 saturated carbocycles. The van der Waals surface area contributed by atoms with Gasteiger partial charge in [-0.05, 0) is 6.92 Å². The molecule has 0 saturated heterocycles. The molecule has 0 aromatic heterocycles. The van der Waals surface area contributed by atoms with E-state index in [1.807, 2.05) is 0 Å². The van der Waals surface area contributed by atoms with Gasteiger partial charge >= 0.3 is 5.97 Å². The Labute approximate surface area is 71.0 Å². The van der Waals surface area contributed by atoms with Gasteiger partial charge in [0, 0.05) is 12.8 Å². The lowest BCUT2D eigenvalue weighted by molar-refractivity contribution is -0.141. The normalized spacial score (nSPS) is 11.3. The molecule has 4 heteroatoms. The van der Waals surface area contributed by atoms with Gasteiger partial charge in [0.2, 0.25) is 5.91 Å². The first-order valence-corrected chi connectivity index (χ1v) is 3.53. The van der Waals surface area contributed by atoms with E-state index in [1.165, 1.54) is 6.92 Å². The van der Waals surface area contributed by atoms with Gasteiger partial charge in [0.25, 0.3) is 0 Å². The molecule has 0 aliphatic rings. The maximum absolute atomic E-state index is 10.8. The van der Waals surface area contributed by atoms with Crippen LogP contribution in [-0.4, -0.2) is 23.0 Å². The van der Waals surface area contributed by atoms with Gasteiger partial charge in [-0.1, -0.05) is 0 Å². The van der Waals surface area contributed by atoms with E-state index in [-0.39, 0.29) is 12.3 Å². The van der Waals surface area contributed by atoms with Crippen molar-refractivity contribution in [2.75, 3.05) is 0 Å². The quantitative estimate of drug-likeness (QED) is 0.581. The number of hydrogen-bond donors (Lipinski definition) is 2. The summed E-state index contributed by atoms with van der Waals surface area (Å²) in [5.41, 5.74) is 0. The molecule has 66 valence electrons. The molecule has 0 radical (unpaired) electrons. The summed E-state index contributed by atoms with van der Waals surface area (Å²) in [6, 6.07) is -0.852. The number of terminal acetylenes is 1. The van der Waals surface area contributed by atoms with Crippen LogP contribution in [0, 0.1) is 12.3 Å². The highest BCUT2D eigenvalue weighted by Gasteiger charge is 2.12. The van der Waals surface area contributed by atoms with Crippen LogP contribution in [0.25, 0.3) is 0 Å². The van der Waals surface area contributed by atoms with E-state index in [2.05, 4.69) is 11.2 Å². The second-order valence-corrected chi connectivity index (χ2v) is 2.33. The number of rotatable bonds is 4. The largest absolute Gasteiger partial charge is 0.480 e. The Hall–Kier alpha value is -1.50. The third-order valence-corrected chi connectivity index (χ3v) is 1.24. The zero-order valence-electron chi connectivity index (χ0n) is 6.83. The predicted octanol–water partition coefficient (Wildman–Crippen LogP) is -0.0109. The van der Waals surface area contributed by atoms with E-state index in [9.17, 15) is 9.59 Å². The first-order valence-electron chi connectivity index (χ1n) is 3.53. The zero-order valence-corrected chi connectivity index (χ0v) is 6.83. The summed E-state index contributed by atoms with van der Waals surface area (Å²) in [4.78, 5) is 21.1. The molecule has 0 aliphatic carbocycles. The fourth-order valence-corrected chi connectivity index (χ4v) is 0.561. The molecular formula is C8H11NO3. The van der Waals surface area contributed by atoms with Crippen molar-refractivity contribution < 1.29 is 14.7 Å². The molecule has 0 aliphatic heterocycles. The fraction of sp³-hybridized carbons (Fsp3) is 0.500. The maximum atomic E-state index is 10.8. The topological polar surface area (TPSA) is 66.4 Å². The Balaban J connectivity index is 3.71. The van der Waals surface area contributed by atoms with E-state index in [0.717, 1.165) is 0 Å². The van der Waals surface area contributed by atoms with Gasteiger partial charge in [-0.25, -0.2) is 0 Å². The van der Waals surface area contributed by atoms with Crippen molar-refractivity contribution in [2.24, 2.45) is 0 Å². The van der Waals surface area contributed by atoms with Gasteiger partial charge < -0.3 is 10.4 Å². The summed E-state index contributed by atoms with van der Waals surface area (Å²) >= 11 is 0. The lowest BCUT2D eigenvalue weighted by Crippen LogP contribution is -2.38. The molecule has 2 N–H and O–H groups in total. The molecule has 0 rings (SSSR count). The SMILES string of the molecule is C#CCCC(=O)NC(C)C(=O)O. The molecule has 1 unspecified atom stereocenters. The number of nitrogens with one attached hydrogen (secondary N) is 1. The van der Waals surface area contributed by atoms with Crippen LogP contribution in [0.5, 0.6) is 0 Å². The van der Waals surface area contributed by atoms with Crippen molar-refractivity contribution in [3.8, 4) is 12.3 Å². The molecule has 0 aromatic rings. The number of carboxylic acids is 1. The van der Waals surface area contributed by atoms with E-state index in [4.69, 9.17) is 11.5 Å². The lowest BCUT2D eigenvalue weighted by atomic mass is 10.2. The zero-order chi connectivity index (χ0) is 9.56. The number of hydrogen-bond acceptors (Lipinski definition) is 2. The molecular weight excluding hydrogens is 158 g/mol. The highest BCUT2D eigenvalue weighted by Crippen LogP contribution is 1.88. The number of carbonyl (C=O) groups is 2. The van der Waals surface area contributed by atoms with E-state index < -0.39 is 12.0 Å². The first-order chi connectivity index (χ1) is 5.57. The molecule has 0 spiro atoms. The van der Waals surface area contributed by atoms with Gasteiger partial charge in [-0.2, -0.15) is 0 Å². The van der Waals surface area contributed by atoms with Crippen molar-refractivity contribution in [3.05, 3.63) is 0 Å². The van der Waals surface area contributed by atoms with Gasteiger partial charge in [0.15, 0.2) is 0 Å². The van der Waals surface area contributed by atoms with Gasteiger partial charge in [0.05, 0.1) is 0 Å². The Morgan fingerprint density at radius 1 is 1.67 bits per heavy atom. The lowest BCUT2D eigenvalue weighted by Gasteiger charge is -2.07. The standard InChI is InChI=1S/C8H11NO3/c1-3-4-5-7(10)9-6(2)8(11)12/h1,6H,4-5H2,2H3,(H,9,10)(H,11,12). The van der Waals surface area contributed by atoms with Gasteiger partial charge in [-0.15, -0.1) is 12.3 Å². The van der Waals surface area contributed by atoms with Crippen LogP contribution < -0.4 is 5.32 Å². The third kappa shape index (κ3) is 4.34. The van der Waals surface area contributed by atoms with Crippen LogP contribution in [0.3, 0.4) is 0 Å². The monoisotopic (exact) mass is 169 g/mol. The average Bonchev–Trinajstić information content (AvgIpc) is 2.00. The smallest absolute Gasteiger partial charge is 0.325 e. The predicted molar refractivity (Wildman–Crippen MR) is 43.3 cm³/mol. The number of aliphatic carboxylic acids is 1. The van der Waals surface area contributed by atoms with Crippen LogP contribution in [0.15, 0.2) is 0 Å². The minimum atomic E-state index is -1.05. The number of carboxylic acid groups (broad SMARTS) is 1. The minimum Gasteiger partial charge on any atom is -0.480 e. The highest BCUT2D eigenvalue weighted by molar-refractivity contribution is 5.83. The van der Waals surface area contributed by atoms with Crippen LogP contribution >= 0.6 is 0 Å². The van der Waals surface area contributed by atoms with Crippen molar-refractivity contribution in [2.45, 2.75) is 25.8 Å². The maximum Gasteiger partial charge on any atom is 0.325 e.